The third-order valence-corrected chi connectivity index (χ3v) is 10.6. The minimum Gasteiger partial charge on any atom is -0.497 e. The molecule has 5 rings (SSSR count). The summed E-state index contributed by atoms with van der Waals surface area (Å²) in [6.07, 6.45) is 7.56. The van der Waals surface area contributed by atoms with Gasteiger partial charge < -0.3 is 19.5 Å². The fraction of sp³-hybridized carbons (Fsp3) is 0.677. The summed E-state index contributed by atoms with van der Waals surface area (Å²) in [5, 5.41) is 11.9. The molecule has 1 aromatic heterocycles. The second-order valence-corrected chi connectivity index (χ2v) is 13.1. The highest BCUT2D eigenvalue weighted by atomic mass is 32.2. The van der Waals surface area contributed by atoms with Gasteiger partial charge in [0.05, 0.1) is 31.3 Å². The van der Waals surface area contributed by atoms with Crippen LogP contribution in [0.15, 0.2) is 24.4 Å². The number of likely N-dealkylation sites (tertiary alicyclic amines) is 1. The molecule has 0 radical (unpaired) electrons. The Bertz CT molecular complexity index is 1130. The summed E-state index contributed by atoms with van der Waals surface area (Å²) in [6, 6.07) is 5.57. The van der Waals surface area contributed by atoms with E-state index in [1.54, 1.807) is 13.3 Å². The zero-order chi connectivity index (χ0) is 28.0. The number of rotatable bonds is 12. The first-order valence-corrected chi connectivity index (χ1v) is 16.0. The summed E-state index contributed by atoms with van der Waals surface area (Å²) < 4.78 is 27.3. The third kappa shape index (κ3) is 7.09. The minimum atomic E-state index is -1.29. The van der Waals surface area contributed by atoms with Gasteiger partial charge in [0.25, 0.3) is 0 Å². The molecule has 7 nitrogen and oxygen atoms in total. The Kier molecular flexibility index (Phi) is 10.2. The third-order valence-electron chi connectivity index (χ3n) is 9.22. The molecule has 2 saturated heterocycles. The first-order valence-electron chi connectivity index (χ1n) is 14.9. The molecule has 1 aliphatic carbocycles. The normalized spacial score (nSPS) is 21.6. The average Bonchev–Trinajstić information content (AvgIpc) is 3.50. The van der Waals surface area contributed by atoms with E-state index >= 15 is 4.39 Å². The first kappa shape index (κ1) is 29.5. The monoisotopic (exact) mass is 573 g/mol. The van der Waals surface area contributed by atoms with Crippen molar-refractivity contribution in [3.63, 3.8) is 0 Å². The molecule has 0 unspecified atom stereocenters. The predicted octanol–water partition coefficient (Wildman–Crippen LogP) is 5.71. The summed E-state index contributed by atoms with van der Waals surface area (Å²) in [6.45, 7) is 6.07. The van der Waals surface area contributed by atoms with E-state index in [0.717, 1.165) is 60.2 Å². The summed E-state index contributed by atoms with van der Waals surface area (Å²) >= 11 is 2.08. The van der Waals surface area contributed by atoms with Crippen molar-refractivity contribution < 1.29 is 23.8 Å². The zero-order valence-corrected chi connectivity index (χ0v) is 24.6. The van der Waals surface area contributed by atoms with Crippen LogP contribution >= 0.6 is 11.8 Å². The zero-order valence-electron chi connectivity index (χ0n) is 23.8. The molecule has 1 saturated carbocycles. The molecule has 3 heterocycles. The molecule has 220 valence electrons. The lowest BCUT2D eigenvalue weighted by atomic mass is 9.74. The Morgan fingerprint density at radius 3 is 2.65 bits per heavy atom. The Hall–Kier alpha value is -1.94. The molecule has 0 amide bonds. The standard InChI is InChI=1S/C31H44FN3O4S/c1-38-24-6-7-28-26(20-24)29(23(21-33-28)22-35-14-17-39-18-15-35)27(32)8-9-31(30(36)37)10-12-34(13-11-31)16-19-40-25-4-2-3-5-25/h6-7,20-21,25,27H,2-5,8-19,22H2,1H3,(H,36,37)/t27-/m0/s1. The van der Waals surface area contributed by atoms with Crippen LogP contribution < -0.4 is 4.74 Å². The molecule has 3 fully saturated rings. The molecule has 1 aromatic carbocycles. The highest BCUT2D eigenvalue weighted by molar-refractivity contribution is 7.99. The van der Waals surface area contributed by atoms with Crippen LogP contribution in [0.4, 0.5) is 4.39 Å². The maximum atomic E-state index is 16.4. The second-order valence-electron chi connectivity index (χ2n) is 11.7. The van der Waals surface area contributed by atoms with Crippen molar-refractivity contribution in [3.05, 3.63) is 35.5 Å². The van der Waals surface area contributed by atoms with Crippen LogP contribution in [-0.4, -0.2) is 89.9 Å². The number of morpholine rings is 1. The van der Waals surface area contributed by atoms with Gasteiger partial charge in [-0.05, 0) is 75.4 Å². The molecule has 2 aromatic rings. The lowest BCUT2D eigenvalue weighted by Gasteiger charge is -2.39. The number of carboxylic acid groups (broad SMARTS) is 1. The van der Waals surface area contributed by atoms with Crippen molar-refractivity contribution in [1.82, 2.24) is 14.8 Å². The average molecular weight is 574 g/mol. The Morgan fingerprint density at radius 2 is 1.95 bits per heavy atom. The molecular formula is C31H44FN3O4S. The lowest BCUT2D eigenvalue weighted by molar-refractivity contribution is -0.153. The number of carbonyl (C=O) groups is 1. The van der Waals surface area contributed by atoms with E-state index in [0.29, 0.717) is 50.3 Å². The Balaban J connectivity index is 1.27. The van der Waals surface area contributed by atoms with Gasteiger partial charge in [-0.3, -0.25) is 14.7 Å². The maximum absolute atomic E-state index is 16.4. The molecule has 1 atom stereocenters. The number of carboxylic acids is 1. The lowest BCUT2D eigenvalue weighted by Crippen LogP contribution is -2.45. The van der Waals surface area contributed by atoms with Gasteiger partial charge in [0.15, 0.2) is 0 Å². The molecule has 2 aliphatic heterocycles. The number of aromatic nitrogens is 1. The summed E-state index contributed by atoms with van der Waals surface area (Å²) in [5.74, 6) is 0.989. The van der Waals surface area contributed by atoms with Crippen LogP contribution in [0.3, 0.4) is 0 Å². The fourth-order valence-corrected chi connectivity index (χ4v) is 7.95. The molecular weight excluding hydrogens is 529 g/mol. The van der Waals surface area contributed by atoms with Crippen molar-refractivity contribution in [3.8, 4) is 5.75 Å². The van der Waals surface area contributed by atoms with Crippen LogP contribution in [0, 0.1) is 5.41 Å². The van der Waals surface area contributed by atoms with Gasteiger partial charge in [-0.2, -0.15) is 11.8 Å². The molecule has 40 heavy (non-hydrogen) atoms. The van der Waals surface area contributed by atoms with Crippen LogP contribution in [0.25, 0.3) is 10.9 Å². The minimum absolute atomic E-state index is 0.177. The highest BCUT2D eigenvalue weighted by Gasteiger charge is 2.42. The van der Waals surface area contributed by atoms with E-state index in [1.807, 2.05) is 18.2 Å². The highest BCUT2D eigenvalue weighted by Crippen LogP contribution is 2.42. The van der Waals surface area contributed by atoms with Crippen LogP contribution in [0.2, 0.25) is 0 Å². The fourth-order valence-electron chi connectivity index (χ4n) is 6.58. The second kappa shape index (κ2) is 13.8. The van der Waals surface area contributed by atoms with Crippen LogP contribution in [0.5, 0.6) is 5.75 Å². The Morgan fingerprint density at radius 1 is 1.20 bits per heavy atom. The van der Waals surface area contributed by atoms with Gasteiger partial charge in [-0.1, -0.05) is 12.8 Å². The number of aliphatic carboxylic acids is 1. The smallest absolute Gasteiger partial charge is 0.309 e. The van der Waals surface area contributed by atoms with E-state index in [9.17, 15) is 9.90 Å². The van der Waals surface area contributed by atoms with Crippen molar-refractivity contribution in [2.75, 3.05) is 58.8 Å². The topological polar surface area (TPSA) is 75.1 Å². The van der Waals surface area contributed by atoms with E-state index < -0.39 is 17.6 Å². The maximum Gasteiger partial charge on any atom is 0.309 e. The number of ether oxygens (including phenoxy) is 2. The van der Waals surface area contributed by atoms with E-state index in [4.69, 9.17) is 9.47 Å². The molecule has 0 spiro atoms. The Labute approximate surface area is 241 Å². The number of piperidine rings is 1. The SMILES string of the molecule is COc1ccc2ncc(CN3CCOCC3)c([C@@H](F)CCC3(C(=O)O)CCN(CCSC4CCCC4)CC3)c2c1. The summed E-state index contributed by atoms with van der Waals surface area (Å²) in [4.78, 5) is 21.9. The van der Waals surface area contributed by atoms with E-state index in [2.05, 4.69) is 26.5 Å². The number of thioether (sulfide) groups is 1. The van der Waals surface area contributed by atoms with Crippen molar-refractivity contribution in [2.45, 2.75) is 69.3 Å². The van der Waals surface area contributed by atoms with Crippen molar-refractivity contribution in [2.24, 2.45) is 5.41 Å². The van der Waals surface area contributed by atoms with Crippen molar-refractivity contribution in [1.29, 1.82) is 0 Å². The van der Waals surface area contributed by atoms with Gasteiger partial charge in [0.2, 0.25) is 0 Å². The summed E-state index contributed by atoms with van der Waals surface area (Å²) in [7, 11) is 1.61. The molecule has 3 aliphatic rings. The molecule has 9 heteroatoms. The van der Waals surface area contributed by atoms with Gasteiger partial charge in [0.1, 0.15) is 11.9 Å². The van der Waals surface area contributed by atoms with Gasteiger partial charge in [0, 0.05) is 54.3 Å². The number of methoxy groups -OCH3 is 1. The number of halogens is 1. The number of hydrogen-bond acceptors (Lipinski definition) is 7. The van der Waals surface area contributed by atoms with Crippen molar-refractivity contribution >= 4 is 28.6 Å². The number of benzene rings is 1. The largest absolute Gasteiger partial charge is 0.497 e. The quantitative estimate of drug-likeness (QED) is 0.346. The van der Waals surface area contributed by atoms with E-state index in [-0.39, 0.29) is 6.42 Å². The number of hydrogen-bond donors (Lipinski definition) is 1. The number of pyridine rings is 1. The predicted molar refractivity (Wildman–Crippen MR) is 158 cm³/mol. The van der Waals surface area contributed by atoms with Gasteiger partial charge in [-0.25, -0.2) is 4.39 Å². The molecule has 1 N–H and O–H groups in total. The van der Waals surface area contributed by atoms with E-state index in [1.165, 1.54) is 25.7 Å². The van der Waals surface area contributed by atoms with Crippen LogP contribution in [0.1, 0.15) is 68.7 Å². The van der Waals surface area contributed by atoms with Gasteiger partial charge >= 0.3 is 5.97 Å². The first-order chi connectivity index (χ1) is 19.5. The number of alkyl halides is 1. The van der Waals surface area contributed by atoms with Crippen LogP contribution in [-0.2, 0) is 16.1 Å². The number of nitrogens with zero attached hydrogens (tertiary/aromatic N) is 3. The number of fused-ring (bicyclic) bond motifs is 1. The summed E-state index contributed by atoms with van der Waals surface area (Å²) in [5.41, 5.74) is 1.33. The molecule has 0 bridgehead atoms. The van der Waals surface area contributed by atoms with Gasteiger partial charge in [-0.15, -0.1) is 0 Å².